The van der Waals surface area contributed by atoms with Crippen LogP contribution in [0, 0.1) is 0 Å². The Balaban J connectivity index is 1.95. The van der Waals surface area contributed by atoms with Crippen molar-refractivity contribution in [2.24, 2.45) is 0 Å². The fourth-order valence-electron chi connectivity index (χ4n) is 10.3. The normalized spacial score (nSPS) is 19.3. The SMILES string of the molecule is CCCCCCCCCCCCCCCCCCCCCCCCCCCCCCCCCCCCCCCCC(=O)NC(COC1OC(CO)C(O)C(O)C1O)C(O)CCCCCCCCCC. The monoisotopic (exact) mass is 982 g/mol. The Hall–Kier alpha value is -0.810. The molecule has 0 aromatic heterocycles. The molecule has 0 aliphatic carbocycles. The van der Waals surface area contributed by atoms with Gasteiger partial charge in [0.1, 0.15) is 24.4 Å². The Morgan fingerprint density at radius 2 is 0.725 bits per heavy atom. The van der Waals surface area contributed by atoms with Crippen LogP contribution in [-0.4, -0.2) is 87.5 Å². The number of aliphatic hydroxyl groups excluding tert-OH is 5. The predicted molar refractivity (Wildman–Crippen MR) is 291 cm³/mol. The van der Waals surface area contributed by atoms with Crippen LogP contribution in [0.25, 0.3) is 0 Å². The lowest BCUT2D eigenvalue weighted by Crippen LogP contribution is -2.60. The van der Waals surface area contributed by atoms with Gasteiger partial charge >= 0.3 is 0 Å². The third-order valence-electron chi connectivity index (χ3n) is 15.2. The quantitative estimate of drug-likeness (QED) is 0.0330. The minimum absolute atomic E-state index is 0.133. The summed E-state index contributed by atoms with van der Waals surface area (Å²) in [5.74, 6) is -0.140. The Morgan fingerprint density at radius 3 is 1.03 bits per heavy atom. The topological polar surface area (TPSA) is 149 Å². The highest BCUT2D eigenvalue weighted by molar-refractivity contribution is 5.76. The second kappa shape index (κ2) is 50.7. The number of carbonyl (C=O) groups is 1. The molecular formula is C60H119NO8. The fraction of sp³-hybridized carbons (Fsp3) is 0.983. The van der Waals surface area contributed by atoms with Gasteiger partial charge in [0.15, 0.2) is 6.29 Å². The minimum atomic E-state index is -1.55. The predicted octanol–water partition coefficient (Wildman–Crippen LogP) is 15.4. The maximum absolute atomic E-state index is 13.0. The van der Waals surface area contributed by atoms with E-state index in [4.69, 9.17) is 9.47 Å². The molecular weight excluding hydrogens is 863 g/mol. The summed E-state index contributed by atoms with van der Waals surface area (Å²) in [6, 6.07) is -0.711. The molecule has 69 heavy (non-hydrogen) atoms. The standard InChI is InChI=1S/C60H119NO8/c1-3-5-7-9-11-13-14-15-16-17-18-19-20-21-22-23-24-25-26-27-28-29-30-31-32-33-34-35-36-37-38-39-40-41-42-44-46-48-50-56(64)61-53(54(63)49-47-45-43-12-10-8-6-4-2)52-68-60-59(67)58(66)57(65)55(51-62)69-60/h53-55,57-60,62-63,65-67H,3-52H2,1-2H3,(H,61,64). The lowest BCUT2D eigenvalue weighted by Gasteiger charge is -2.40. The van der Waals surface area contributed by atoms with Crippen molar-refractivity contribution in [1.29, 1.82) is 0 Å². The van der Waals surface area contributed by atoms with Gasteiger partial charge < -0.3 is 40.3 Å². The summed E-state index contributed by atoms with van der Waals surface area (Å²) in [5.41, 5.74) is 0. The molecule has 412 valence electrons. The van der Waals surface area contributed by atoms with E-state index in [2.05, 4.69) is 19.2 Å². The van der Waals surface area contributed by atoms with Gasteiger partial charge in [-0.2, -0.15) is 0 Å². The number of nitrogens with one attached hydrogen (secondary N) is 1. The number of aliphatic hydroxyl groups is 5. The summed E-state index contributed by atoms with van der Waals surface area (Å²) < 4.78 is 11.3. The van der Waals surface area contributed by atoms with Crippen molar-refractivity contribution in [3.63, 3.8) is 0 Å². The first-order valence-corrected chi connectivity index (χ1v) is 30.7. The van der Waals surface area contributed by atoms with Crippen LogP contribution in [0.2, 0.25) is 0 Å². The largest absolute Gasteiger partial charge is 0.394 e. The molecule has 0 bridgehead atoms. The van der Waals surface area contributed by atoms with Crippen LogP contribution < -0.4 is 5.32 Å². The molecule has 0 saturated carbocycles. The summed E-state index contributed by atoms with van der Waals surface area (Å²) in [6.45, 7) is 3.83. The Labute approximate surface area is 427 Å². The number of rotatable bonds is 54. The van der Waals surface area contributed by atoms with Crippen molar-refractivity contribution in [3.05, 3.63) is 0 Å². The zero-order valence-corrected chi connectivity index (χ0v) is 45.9. The van der Waals surface area contributed by atoms with E-state index in [1.165, 1.54) is 257 Å². The van der Waals surface area contributed by atoms with Crippen LogP contribution in [0.3, 0.4) is 0 Å². The molecule has 0 aromatic rings. The van der Waals surface area contributed by atoms with E-state index in [-0.39, 0.29) is 12.5 Å². The van der Waals surface area contributed by atoms with E-state index in [0.717, 1.165) is 38.5 Å². The number of hydrogen-bond acceptors (Lipinski definition) is 8. The average Bonchev–Trinajstić information content (AvgIpc) is 3.35. The molecule has 1 rings (SSSR count). The van der Waals surface area contributed by atoms with Crippen LogP contribution in [0.5, 0.6) is 0 Å². The van der Waals surface area contributed by atoms with Crippen LogP contribution in [0.4, 0.5) is 0 Å². The average molecular weight is 983 g/mol. The van der Waals surface area contributed by atoms with Gasteiger partial charge in [0.25, 0.3) is 0 Å². The molecule has 7 atom stereocenters. The molecule has 1 fully saturated rings. The van der Waals surface area contributed by atoms with Crippen molar-refractivity contribution >= 4 is 5.91 Å². The van der Waals surface area contributed by atoms with Crippen LogP contribution in [0.1, 0.15) is 322 Å². The highest BCUT2D eigenvalue weighted by Crippen LogP contribution is 2.24. The van der Waals surface area contributed by atoms with E-state index in [0.29, 0.717) is 12.8 Å². The third kappa shape index (κ3) is 40.3. The molecule has 1 amide bonds. The van der Waals surface area contributed by atoms with E-state index >= 15 is 0 Å². The van der Waals surface area contributed by atoms with Crippen molar-refractivity contribution in [1.82, 2.24) is 5.32 Å². The summed E-state index contributed by atoms with van der Waals surface area (Å²) in [5, 5.41) is 54.3. The van der Waals surface area contributed by atoms with E-state index in [1.54, 1.807) is 0 Å². The maximum Gasteiger partial charge on any atom is 0.220 e. The van der Waals surface area contributed by atoms with Crippen molar-refractivity contribution in [3.8, 4) is 0 Å². The first-order valence-electron chi connectivity index (χ1n) is 30.7. The maximum atomic E-state index is 13.0. The summed E-state index contributed by atoms with van der Waals surface area (Å²) in [6.07, 6.45) is 55.0. The van der Waals surface area contributed by atoms with Crippen LogP contribution >= 0.6 is 0 Å². The molecule has 1 saturated heterocycles. The van der Waals surface area contributed by atoms with E-state index < -0.39 is 49.5 Å². The van der Waals surface area contributed by atoms with Crippen LogP contribution in [0.15, 0.2) is 0 Å². The van der Waals surface area contributed by atoms with Gasteiger partial charge in [-0.05, 0) is 12.8 Å². The number of amides is 1. The van der Waals surface area contributed by atoms with Gasteiger partial charge in [-0.25, -0.2) is 0 Å². The van der Waals surface area contributed by atoms with Gasteiger partial charge in [-0.3, -0.25) is 4.79 Å². The second-order valence-corrected chi connectivity index (χ2v) is 21.9. The van der Waals surface area contributed by atoms with E-state index in [9.17, 15) is 30.3 Å². The van der Waals surface area contributed by atoms with Crippen molar-refractivity contribution in [2.75, 3.05) is 13.2 Å². The van der Waals surface area contributed by atoms with Crippen LogP contribution in [-0.2, 0) is 14.3 Å². The molecule has 1 heterocycles. The Bertz CT molecular complexity index is 1050. The number of hydrogen-bond donors (Lipinski definition) is 6. The molecule has 1 aliphatic rings. The van der Waals surface area contributed by atoms with Crippen molar-refractivity contribution < 1.29 is 39.8 Å². The van der Waals surface area contributed by atoms with Crippen molar-refractivity contribution in [2.45, 2.75) is 365 Å². The highest BCUT2D eigenvalue weighted by Gasteiger charge is 2.44. The Morgan fingerprint density at radius 1 is 0.435 bits per heavy atom. The van der Waals surface area contributed by atoms with Gasteiger partial charge in [0.2, 0.25) is 5.91 Å². The lowest BCUT2D eigenvalue weighted by molar-refractivity contribution is -0.302. The smallest absolute Gasteiger partial charge is 0.220 e. The van der Waals surface area contributed by atoms with E-state index in [1.807, 2.05) is 0 Å². The van der Waals surface area contributed by atoms with Gasteiger partial charge in [-0.15, -0.1) is 0 Å². The first-order chi connectivity index (χ1) is 33.8. The molecule has 6 N–H and O–H groups in total. The van der Waals surface area contributed by atoms with Gasteiger partial charge in [0.05, 0.1) is 25.4 Å². The van der Waals surface area contributed by atoms with Gasteiger partial charge in [-0.1, -0.05) is 303 Å². The Kier molecular flexibility index (Phi) is 48.7. The molecule has 9 heteroatoms. The number of carbonyl (C=O) groups excluding carboxylic acids is 1. The third-order valence-corrected chi connectivity index (χ3v) is 15.2. The highest BCUT2D eigenvalue weighted by atomic mass is 16.7. The summed E-state index contributed by atoms with van der Waals surface area (Å²) in [4.78, 5) is 13.0. The molecule has 1 aliphatic heterocycles. The molecule has 9 nitrogen and oxygen atoms in total. The molecule has 0 spiro atoms. The van der Waals surface area contributed by atoms with Gasteiger partial charge in [0, 0.05) is 6.42 Å². The molecule has 7 unspecified atom stereocenters. The lowest BCUT2D eigenvalue weighted by atomic mass is 9.99. The zero-order chi connectivity index (χ0) is 50.1. The molecule has 0 aromatic carbocycles. The first kappa shape index (κ1) is 66.2. The summed E-state index contributed by atoms with van der Waals surface area (Å²) >= 11 is 0. The second-order valence-electron chi connectivity index (χ2n) is 21.9. The number of unbranched alkanes of at least 4 members (excludes halogenated alkanes) is 44. The number of ether oxygens (including phenoxy) is 2. The summed E-state index contributed by atoms with van der Waals surface area (Å²) in [7, 11) is 0. The fourth-order valence-corrected chi connectivity index (χ4v) is 10.3. The zero-order valence-electron chi connectivity index (χ0n) is 45.9. The minimum Gasteiger partial charge on any atom is -0.394 e. The molecule has 0 radical (unpaired) electrons.